The number of amides is 1. The van der Waals surface area contributed by atoms with Gasteiger partial charge in [0.15, 0.2) is 0 Å². The number of nitrogens with two attached hydrogens (primary N) is 1. The fourth-order valence-electron chi connectivity index (χ4n) is 2.62. The first-order valence-corrected chi connectivity index (χ1v) is 8.51. The van der Waals surface area contributed by atoms with Crippen molar-refractivity contribution >= 4 is 30.7 Å². The molecule has 0 bridgehead atoms. The minimum atomic E-state index is -0.314. The maximum atomic E-state index is 13.7. The number of hydrogen-bond donors (Lipinski definition) is 2. The summed E-state index contributed by atoms with van der Waals surface area (Å²) < 4.78 is 13.7. The van der Waals surface area contributed by atoms with E-state index in [1.54, 1.807) is 36.5 Å². The topological polar surface area (TPSA) is 68.0 Å². The smallest absolute Gasteiger partial charge is 0.253 e. The van der Waals surface area contributed by atoms with Gasteiger partial charge in [0.1, 0.15) is 5.82 Å². The van der Waals surface area contributed by atoms with Gasteiger partial charge in [0.05, 0.1) is 11.3 Å². The van der Waals surface area contributed by atoms with Crippen LogP contribution in [0.25, 0.3) is 0 Å². The van der Waals surface area contributed by atoms with Gasteiger partial charge in [-0.05, 0) is 63.8 Å². The van der Waals surface area contributed by atoms with Crippen molar-refractivity contribution in [3.05, 3.63) is 65.2 Å². The fraction of sp³-hybridized carbons (Fsp3) is 0.400. The largest absolute Gasteiger partial charge is 0.347 e. The molecule has 3 N–H and O–H groups in total. The molecule has 0 aliphatic heterocycles. The second-order valence-electron chi connectivity index (χ2n) is 7.30. The molecule has 1 atom stereocenters. The third-order valence-electron chi connectivity index (χ3n) is 3.82. The number of hydrogen-bond acceptors (Lipinski definition) is 3. The van der Waals surface area contributed by atoms with E-state index in [1.165, 1.54) is 6.07 Å². The Balaban J connectivity index is 0.00000338. The predicted molar refractivity (Wildman–Crippen MR) is 112 cm³/mol. The molecule has 0 saturated heterocycles. The molecule has 2 rings (SSSR count). The molecule has 0 aliphatic rings. The van der Waals surface area contributed by atoms with E-state index in [0.717, 1.165) is 0 Å². The third-order valence-corrected chi connectivity index (χ3v) is 3.82. The van der Waals surface area contributed by atoms with Crippen molar-refractivity contribution in [3.8, 4) is 0 Å². The van der Waals surface area contributed by atoms with Gasteiger partial charge < -0.3 is 11.1 Å². The molecular formula is C20H28Cl2FN3O. The Morgan fingerprint density at radius 3 is 2.48 bits per heavy atom. The third kappa shape index (κ3) is 8.24. The Bertz CT molecular complexity index is 735. The Kier molecular flexibility index (Phi) is 10.5. The van der Waals surface area contributed by atoms with Crippen LogP contribution in [-0.2, 0) is 12.8 Å². The zero-order valence-electron chi connectivity index (χ0n) is 15.9. The number of benzene rings is 1. The van der Waals surface area contributed by atoms with E-state index in [0.29, 0.717) is 36.1 Å². The summed E-state index contributed by atoms with van der Waals surface area (Å²) in [7, 11) is 0. The molecule has 150 valence electrons. The van der Waals surface area contributed by atoms with Crippen molar-refractivity contribution < 1.29 is 9.18 Å². The Hall–Kier alpha value is -1.69. The normalized spacial score (nSPS) is 11.7. The van der Waals surface area contributed by atoms with Crippen LogP contribution in [0.3, 0.4) is 0 Å². The highest BCUT2D eigenvalue weighted by atomic mass is 35.5. The van der Waals surface area contributed by atoms with Gasteiger partial charge in [-0.15, -0.1) is 24.8 Å². The Morgan fingerprint density at radius 2 is 1.85 bits per heavy atom. The van der Waals surface area contributed by atoms with Crippen LogP contribution in [0.4, 0.5) is 4.39 Å². The highest BCUT2D eigenvalue weighted by Gasteiger charge is 2.19. The first kappa shape index (κ1) is 25.3. The van der Waals surface area contributed by atoms with Crippen LogP contribution in [0.5, 0.6) is 0 Å². The molecule has 1 heterocycles. The number of rotatable bonds is 6. The molecular weight excluding hydrogens is 388 g/mol. The average molecular weight is 416 g/mol. The highest BCUT2D eigenvalue weighted by molar-refractivity contribution is 5.95. The van der Waals surface area contributed by atoms with E-state index >= 15 is 0 Å². The van der Waals surface area contributed by atoms with Gasteiger partial charge in [0.25, 0.3) is 5.91 Å². The molecule has 1 unspecified atom stereocenters. The summed E-state index contributed by atoms with van der Waals surface area (Å²) in [5.74, 6) is -0.376. The van der Waals surface area contributed by atoms with Gasteiger partial charge in [-0.25, -0.2) is 4.39 Å². The van der Waals surface area contributed by atoms with Crippen molar-refractivity contribution in [1.29, 1.82) is 0 Å². The predicted octanol–water partition coefficient (Wildman–Crippen LogP) is 4.10. The molecule has 0 aliphatic carbocycles. The average Bonchev–Trinajstić information content (AvgIpc) is 2.54. The van der Waals surface area contributed by atoms with Gasteiger partial charge in [-0.2, -0.15) is 0 Å². The van der Waals surface area contributed by atoms with Crippen LogP contribution in [-0.4, -0.2) is 22.5 Å². The zero-order valence-corrected chi connectivity index (χ0v) is 17.5. The summed E-state index contributed by atoms with van der Waals surface area (Å²) in [6.45, 7) is 5.81. The first-order chi connectivity index (χ1) is 11.8. The molecule has 0 radical (unpaired) electrons. The monoisotopic (exact) mass is 415 g/mol. The van der Waals surface area contributed by atoms with E-state index in [1.807, 2.05) is 20.8 Å². The minimum absolute atomic E-state index is 0. The lowest BCUT2D eigenvalue weighted by Gasteiger charge is -2.21. The molecule has 0 fully saturated rings. The summed E-state index contributed by atoms with van der Waals surface area (Å²) in [5.41, 5.74) is 7.74. The standard InChI is InChI=1S/C20H26FN3O.2ClH/c1-20(2,3)24-19(25)16-8-6-12-23-18(16)11-10-15(22)13-14-7-4-5-9-17(14)21;;/h4-9,12,15H,10-11,13,22H2,1-3H3,(H,24,25);2*1H. The number of aromatic nitrogens is 1. The van der Waals surface area contributed by atoms with E-state index in [-0.39, 0.29) is 48.1 Å². The van der Waals surface area contributed by atoms with Crippen molar-refractivity contribution in [2.24, 2.45) is 5.73 Å². The maximum Gasteiger partial charge on any atom is 0.253 e. The number of pyridine rings is 1. The number of carbonyl (C=O) groups excluding carboxylic acids is 1. The quantitative estimate of drug-likeness (QED) is 0.745. The Labute approximate surface area is 173 Å². The van der Waals surface area contributed by atoms with Crippen LogP contribution in [0.15, 0.2) is 42.6 Å². The number of carbonyl (C=O) groups is 1. The van der Waals surface area contributed by atoms with E-state index in [9.17, 15) is 9.18 Å². The van der Waals surface area contributed by atoms with Crippen LogP contribution in [0.2, 0.25) is 0 Å². The van der Waals surface area contributed by atoms with Gasteiger partial charge in [0, 0.05) is 17.8 Å². The van der Waals surface area contributed by atoms with Crippen molar-refractivity contribution in [2.75, 3.05) is 0 Å². The van der Waals surface area contributed by atoms with Crippen LogP contribution in [0.1, 0.15) is 48.8 Å². The Morgan fingerprint density at radius 1 is 1.19 bits per heavy atom. The van der Waals surface area contributed by atoms with Crippen molar-refractivity contribution in [2.45, 2.75) is 51.6 Å². The molecule has 4 nitrogen and oxygen atoms in total. The van der Waals surface area contributed by atoms with Gasteiger partial charge in [-0.1, -0.05) is 18.2 Å². The van der Waals surface area contributed by atoms with E-state index in [4.69, 9.17) is 5.73 Å². The second-order valence-corrected chi connectivity index (χ2v) is 7.30. The summed E-state index contributed by atoms with van der Waals surface area (Å²) in [6, 6.07) is 9.98. The van der Waals surface area contributed by atoms with Gasteiger partial charge in [-0.3, -0.25) is 9.78 Å². The lowest BCUT2D eigenvalue weighted by molar-refractivity contribution is 0.0918. The molecule has 1 aromatic heterocycles. The summed E-state index contributed by atoms with van der Waals surface area (Å²) >= 11 is 0. The molecule has 2 aromatic rings. The van der Waals surface area contributed by atoms with Crippen LogP contribution >= 0.6 is 24.8 Å². The fourth-order valence-corrected chi connectivity index (χ4v) is 2.62. The highest BCUT2D eigenvalue weighted by Crippen LogP contribution is 2.14. The van der Waals surface area contributed by atoms with E-state index in [2.05, 4.69) is 10.3 Å². The van der Waals surface area contributed by atoms with Crippen molar-refractivity contribution in [1.82, 2.24) is 10.3 Å². The number of nitrogens with zero attached hydrogens (tertiary/aromatic N) is 1. The number of halogens is 3. The summed E-state index contributed by atoms with van der Waals surface area (Å²) in [5, 5.41) is 2.95. The minimum Gasteiger partial charge on any atom is -0.347 e. The number of nitrogens with one attached hydrogen (secondary N) is 1. The SMILES string of the molecule is CC(C)(C)NC(=O)c1cccnc1CCC(N)Cc1ccccc1F.Cl.Cl. The summed E-state index contributed by atoms with van der Waals surface area (Å²) in [4.78, 5) is 16.8. The summed E-state index contributed by atoms with van der Waals surface area (Å²) in [6.07, 6.45) is 3.33. The first-order valence-electron chi connectivity index (χ1n) is 8.51. The molecule has 1 amide bonds. The lowest BCUT2D eigenvalue weighted by Crippen LogP contribution is -2.41. The van der Waals surface area contributed by atoms with E-state index < -0.39 is 0 Å². The van der Waals surface area contributed by atoms with Crippen LogP contribution in [0, 0.1) is 5.82 Å². The maximum absolute atomic E-state index is 13.7. The van der Waals surface area contributed by atoms with Gasteiger partial charge in [0.2, 0.25) is 0 Å². The molecule has 0 spiro atoms. The molecule has 1 aromatic carbocycles. The molecule has 7 heteroatoms. The molecule has 27 heavy (non-hydrogen) atoms. The van der Waals surface area contributed by atoms with Crippen molar-refractivity contribution in [3.63, 3.8) is 0 Å². The second kappa shape index (κ2) is 11.2. The van der Waals surface area contributed by atoms with Gasteiger partial charge >= 0.3 is 0 Å². The van der Waals surface area contributed by atoms with Crippen LogP contribution < -0.4 is 11.1 Å². The number of aryl methyl sites for hydroxylation is 1. The molecule has 0 saturated carbocycles. The lowest BCUT2D eigenvalue weighted by atomic mass is 9.99. The zero-order chi connectivity index (χ0) is 18.4.